The highest BCUT2D eigenvalue weighted by atomic mass is 16.2. The summed E-state index contributed by atoms with van der Waals surface area (Å²) in [6.07, 6.45) is 4.14. The molecule has 2 saturated heterocycles. The van der Waals surface area contributed by atoms with Crippen LogP contribution in [0.1, 0.15) is 59.0 Å². The van der Waals surface area contributed by atoms with Gasteiger partial charge in [0.05, 0.1) is 28.6 Å². The second kappa shape index (κ2) is 6.81. The molecule has 1 aromatic heterocycles. The Kier molecular flexibility index (Phi) is 4.30. The van der Waals surface area contributed by atoms with Gasteiger partial charge in [0.1, 0.15) is 11.7 Å². The van der Waals surface area contributed by atoms with E-state index in [2.05, 4.69) is 34.5 Å². The number of carbonyl (C=O) groups excluding carboxylic acids is 4. The van der Waals surface area contributed by atoms with Gasteiger partial charge in [0, 0.05) is 6.42 Å². The van der Waals surface area contributed by atoms with Crippen LogP contribution in [-0.2, 0) is 15.1 Å². The Bertz CT molecular complexity index is 1140. The van der Waals surface area contributed by atoms with E-state index < -0.39 is 29.7 Å². The van der Waals surface area contributed by atoms with Gasteiger partial charge in [-0.1, -0.05) is 5.21 Å². The average Bonchev–Trinajstić information content (AvgIpc) is 3.42. The van der Waals surface area contributed by atoms with Crippen molar-refractivity contribution in [1.29, 1.82) is 0 Å². The molecule has 0 spiro atoms. The topological polar surface area (TPSA) is 118 Å². The Morgan fingerprint density at radius 3 is 2.61 bits per heavy atom. The normalized spacial score (nSPS) is 26.5. The lowest BCUT2D eigenvalue weighted by molar-refractivity contribution is -0.136. The third-order valence-corrected chi connectivity index (χ3v) is 6.73. The number of carbonyl (C=O) groups is 4. The van der Waals surface area contributed by atoms with Gasteiger partial charge < -0.3 is 0 Å². The van der Waals surface area contributed by atoms with E-state index in [1.165, 1.54) is 0 Å². The Balaban J connectivity index is 1.45. The van der Waals surface area contributed by atoms with E-state index in [-0.39, 0.29) is 29.5 Å². The van der Waals surface area contributed by atoms with Crippen LogP contribution in [0.15, 0.2) is 24.4 Å². The SMILES string of the molecule is CN1CCC[C@@]1(C)c1cn(-c2ccc3c(c2)C(=O)N(C2CCC(=O)NC2=O)C3=O)nn1. The summed E-state index contributed by atoms with van der Waals surface area (Å²) in [6, 6.07) is 3.89. The molecule has 0 bridgehead atoms. The van der Waals surface area contributed by atoms with Crippen LogP contribution in [-0.4, -0.2) is 68.1 Å². The largest absolute Gasteiger partial charge is 0.295 e. The zero-order chi connectivity index (χ0) is 21.9. The number of nitrogens with one attached hydrogen (secondary N) is 1. The molecule has 3 aliphatic heterocycles. The monoisotopic (exact) mass is 422 g/mol. The maximum absolute atomic E-state index is 13.0. The number of imide groups is 2. The van der Waals surface area contributed by atoms with Gasteiger partial charge in [-0.2, -0.15) is 0 Å². The van der Waals surface area contributed by atoms with Crippen molar-refractivity contribution < 1.29 is 19.2 Å². The third-order valence-electron chi connectivity index (χ3n) is 6.73. The van der Waals surface area contributed by atoms with Crippen molar-refractivity contribution in [2.45, 2.75) is 44.2 Å². The van der Waals surface area contributed by atoms with Crippen molar-refractivity contribution >= 4 is 23.6 Å². The third kappa shape index (κ3) is 2.89. The van der Waals surface area contributed by atoms with Crippen LogP contribution in [0.3, 0.4) is 0 Å². The minimum absolute atomic E-state index is 0.0873. The number of nitrogens with zero attached hydrogens (tertiary/aromatic N) is 5. The van der Waals surface area contributed by atoms with Crippen LogP contribution >= 0.6 is 0 Å². The van der Waals surface area contributed by atoms with Crippen molar-refractivity contribution in [3.63, 3.8) is 0 Å². The van der Waals surface area contributed by atoms with Gasteiger partial charge in [-0.15, -0.1) is 5.10 Å². The zero-order valence-electron chi connectivity index (χ0n) is 17.3. The van der Waals surface area contributed by atoms with Crippen molar-refractivity contribution in [3.05, 3.63) is 41.2 Å². The summed E-state index contributed by atoms with van der Waals surface area (Å²) in [5.74, 6) is -2.09. The van der Waals surface area contributed by atoms with Crippen molar-refractivity contribution in [2.75, 3.05) is 13.6 Å². The first-order valence-corrected chi connectivity index (χ1v) is 10.3. The van der Waals surface area contributed by atoms with Crippen LogP contribution in [0, 0.1) is 0 Å². The highest BCUT2D eigenvalue weighted by Gasteiger charge is 2.45. The van der Waals surface area contributed by atoms with Crippen LogP contribution in [0.25, 0.3) is 5.69 Å². The summed E-state index contributed by atoms with van der Waals surface area (Å²) in [5.41, 5.74) is 1.71. The van der Waals surface area contributed by atoms with E-state index in [0.29, 0.717) is 5.69 Å². The predicted octanol–water partition coefficient (Wildman–Crippen LogP) is 0.609. The Labute approximate surface area is 178 Å². The van der Waals surface area contributed by atoms with Gasteiger partial charge >= 0.3 is 0 Å². The van der Waals surface area contributed by atoms with Gasteiger partial charge in [-0.05, 0) is 58.0 Å². The lowest BCUT2D eigenvalue weighted by Crippen LogP contribution is -2.54. The lowest BCUT2D eigenvalue weighted by atomic mass is 9.95. The Hall–Kier alpha value is -3.40. The summed E-state index contributed by atoms with van der Waals surface area (Å²) in [7, 11) is 2.06. The van der Waals surface area contributed by atoms with Crippen LogP contribution in [0.5, 0.6) is 0 Å². The smallest absolute Gasteiger partial charge is 0.262 e. The summed E-state index contributed by atoms with van der Waals surface area (Å²) in [6.45, 7) is 3.13. The quantitative estimate of drug-likeness (QED) is 0.720. The van der Waals surface area contributed by atoms with Crippen molar-refractivity contribution in [1.82, 2.24) is 30.1 Å². The molecule has 1 aromatic carbocycles. The molecular weight excluding hydrogens is 400 g/mol. The standard InChI is InChI=1S/C21H22N6O4/c1-21(8-3-9-25(21)2)16-11-26(24-23-16)12-4-5-13-14(10-12)20(31)27(19(13)30)15-6-7-17(28)22-18(15)29/h4-5,10-11,15H,3,6-9H2,1-2H3,(H,22,28,29)/t15?,21-/m0/s1. The molecule has 0 saturated carbocycles. The van der Waals surface area contributed by atoms with Gasteiger partial charge in [-0.3, -0.25) is 34.3 Å². The molecule has 4 heterocycles. The van der Waals surface area contributed by atoms with Gasteiger partial charge in [-0.25, -0.2) is 4.68 Å². The molecule has 0 aliphatic carbocycles. The van der Waals surface area contributed by atoms with Crippen LogP contribution in [0.4, 0.5) is 0 Å². The van der Waals surface area contributed by atoms with Gasteiger partial charge in [0.15, 0.2) is 0 Å². The number of hydrogen-bond acceptors (Lipinski definition) is 7. The predicted molar refractivity (Wildman–Crippen MR) is 107 cm³/mol. The molecule has 10 heteroatoms. The molecule has 0 radical (unpaired) electrons. The molecule has 5 rings (SSSR count). The fourth-order valence-corrected chi connectivity index (χ4v) is 4.66. The number of piperidine rings is 1. The van der Waals surface area contributed by atoms with Crippen LogP contribution < -0.4 is 5.32 Å². The van der Waals surface area contributed by atoms with E-state index in [1.807, 2.05) is 6.20 Å². The molecule has 31 heavy (non-hydrogen) atoms. The highest BCUT2D eigenvalue weighted by Crippen LogP contribution is 2.36. The molecule has 2 fully saturated rings. The number of rotatable bonds is 3. The highest BCUT2D eigenvalue weighted by molar-refractivity contribution is 6.23. The van der Waals surface area contributed by atoms with Gasteiger partial charge in [0.2, 0.25) is 11.8 Å². The fourth-order valence-electron chi connectivity index (χ4n) is 4.66. The first-order valence-electron chi connectivity index (χ1n) is 10.3. The number of fused-ring (bicyclic) bond motifs is 1. The molecule has 3 aliphatic rings. The summed E-state index contributed by atoms with van der Waals surface area (Å²) < 4.78 is 1.60. The minimum atomic E-state index is -0.982. The molecule has 1 N–H and O–H groups in total. The number of aromatic nitrogens is 3. The van der Waals surface area contributed by atoms with Crippen LogP contribution in [0.2, 0.25) is 0 Å². The average molecular weight is 422 g/mol. The maximum Gasteiger partial charge on any atom is 0.262 e. The van der Waals surface area contributed by atoms with Gasteiger partial charge in [0.25, 0.3) is 11.8 Å². The second-order valence-corrected chi connectivity index (χ2v) is 8.52. The fraction of sp³-hybridized carbons (Fsp3) is 0.429. The zero-order valence-corrected chi connectivity index (χ0v) is 17.3. The van der Waals surface area contributed by atoms with E-state index in [0.717, 1.165) is 30.0 Å². The maximum atomic E-state index is 13.0. The summed E-state index contributed by atoms with van der Waals surface area (Å²) in [4.78, 5) is 52.7. The van der Waals surface area contributed by atoms with E-state index in [1.54, 1.807) is 22.9 Å². The molecule has 4 amide bonds. The summed E-state index contributed by atoms with van der Waals surface area (Å²) in [5, 5.41) is 10.8. The Morgan fingerprint density at radius 1 is 1.13 bits per heavy atom. The lowest BCUT2D eigenvalue weighted by Gasteiger charge is -2.29. The molecule has 160 valence electrons. The summed E-state index contributed by atoms with van der Waals surface area (Å²) >= 11 is 0. The van der Waals surface area contributed by atoms with Crippen molar-refractivity contribution in [2.24, 2.45) is 0 Å². The molecule has 2 aromatic rings. The first kappa shape index (κ1) is 19.6. The number of benzene rings is 1. The number of hydrogen-bond donors (Lipinski definition) is 1. The Morgan fingerprint density at radius 2 is 1.90 bits per heavy atom. The second-order valence-electron chi connectivity index (χ2n) is 8.52. The number of likely N-dealkylation sites (tertiary alicyclic amines) is 1. The minimum Gasteiger partial charge on any atom is -0.295 e. The van der Waals surface area contributed by atoms with E-state index >= 15 is 0 Å². The molecular formula is C21H22N6O4. The van der Waals surface area contributed by atoms with E-state index in [9.17, 15) is 19.2 Å². The molecule has 10 nitrogen and oxygen atoms in total. The number of amides is 4. The van der Waals surface area contributed by atoms with Crippen molar-refractivity contribution in [3.8, 4) is 5.69 Å². The van der Waals surface area contributed by atoms with E-state index in [4.69, 9.17) is 0 Å². The molecule has 1 unspecified atom stereocenters. The first-order chi connectivity index (χ1) is 14.8. The molecule has 2 atom stereocenters.